The lowest BCUT2D eigenvalue weighted by Crippen LogP contribution is -2.35. The Hall–Kier alpha value is -1.60. The van der Waals surface area contributed by atoms with Gasteiger partial charge in [0.15, 0.2) is 5.16 Å². The van der Waals surface area contributed by atoms with E-state index in [0.717, 1.165) is 5.56 Å². The molecule has 0 saturated carbocycles. The first-order chi connectivity index (χ1) is 10.9. The van der Waals surface area contributed by atoms with Gasteiger partial charge in [-0.25, -0.2) is 4.98 Å². The molecule has 23 heavy (non-hydrogen) atoms. The summed E-state index contributed by atoms with van der Waals surface area (Å²) in [4.78, 5) is 32.7. The van der Waals surface area contributed by atoms with E-state index in [2.05, 4.69) is 29.2 Å². The Morgan fingerprint density at radius 1 is 1.48 bits per heavy atom. The summed E-state index contributed by atoms with van der Waals surface area (Å²) >= 11 is 2.90. The van der Waals surface area contributed by atoms with Crippen molar-refractivity contribution in [3.05, 3.63) is 44.5 Å². The van der Waals surface area contributed by atoms with E-state index >= 15 is 0 Å². The van der Waals surface area contributed by atoms with Crippen LogP contribution in [0.5, 0.6) is 0 Å². The van der Waals surface area contributed by atoms with Crippen LogP contribution < -0.4 is 5.56 Å². The number of rotatable bonds is 7. The Bertz CT molecular complexity index is 696. The number of nitrogens with one attached hydrogen (secondary N) is 1. The van der Waals surface area contributed by atoms with Gasteiger partial charge in [0, 0.05) is 24.8 Å². The van der Waals surface area contributed by atoms with Gasteiger partial charge in [-0.15, -0.1) is 0 Å². The highest BCUT2D eigenvalue weighted by molar-refractivity contribution is 7.99. The molecule has 0 saturated heterocycles. The Morgan fingerprint density at radius 2 is 2.26 bits per heavy atom. The van der Waals surface area contributed by atoms with Crippen LogP contribution in [0.15, 0.2) is 32.8 Å². The van der Waals surface area contributed by atoms with E-state index in [1.807, 2.05) is 16.3 Å². The van der Waals surface area contributed by atoms with Crippen LogP contribution in [0.3, 0.4) is 0 Å². The summed E-state index contributed by atoms with van der Waals surface area (Å²) in [6.07, 6.45) is 0. The second-order valence-corrected chi connectivity index (χ2v) is 7.52. The van der Waals surface area contributed by atoms with Gasteiger partial charge in [-0.2, -0.15) is 11.3 Å². The SMILES string of the molecule is Cc1cc(=O)[nH]c(SCC(=O)N(Cc2ccsc2)CC(C)C)n1. The molecule has 0 unspecified atom stereocenters. The third kappa shape index (κ3) is 5.84. The number of hydrogen-bond donors (Lipinski definition) is 1. The van der Waals surface area contributed by atoms with Crippen LogP contribution in [-0.4, -0.2) is 33.1 Å². The zero-order valence-corrected chi connectivity index (χ0v) is 15.2. The van der Waals surface area contributed by atoms with Crippen LogP contribution in [0.25, 0.3) is 0 Å². The normalized spacial score (nSPS) is 11.0. The van der Waals surface area contributed by atoms with Crippen LogP contribution in [0, 0.1) is 12.8 Å². The second-order valence-electron chi connectivity index (χ2n) is 5.78. The zero-order chi connectivity index (χ0) is 16.8. The minimum atomic E-state index is -0.190. The standard InChI is InChI=1S/C16H21N3O2S2/c1-11(2)7-19(8-13-4-5-22-9-13)15(21)10-23-16-17-12(3)6-14(20)18-16/h4-6,9,11H,7-8,10H2,1-3H3,(H,17,18,20). The molecule has 0 aliphatic heterocycles. The lowest BCUT2D eigenvalue weighted by Gasteiger charge is -2.24. The highest BCUT2D eigenvalue weighted by Crippen LogP contribution is 2.16. The number of amides is 1. The van der Waals surface area contributed by atoms with Crippen molar-refractivity contribution in [2.24, 2.45) is 5.92 Å². The summed E-state index contributed by atoms with van der Waals surface area (Å²) in [6.45, 7) is 7.30. The molecule has 0 bridgehead atoms. The topological polar surface area (TPSA) is 66.1 Å². The highest BCUT2D eigenvalue weighted by atomic mass is 32.2. The van der Waals surface area contributed by atoms with Crippen molar-refractivity contribution in [1.29, 1.82) is 0 Å². The molecule has 0 radical (unpaired) electrons. The second kappa shape index (κ2) is 8.31. The van der Waals surface area contributed by atoms with Gasteiger partial charge in [-0.05, 0) is 35.2 Å². The first-order valence-electron chi connectivity index (χ1n) is 7.43. The third-order valence-corrected chi connectivity index (χ3v) is 4.66. The minimum Gasteiger partial charge on any atom is -0.337 e. The molecule has 2 rings (SSSR count). The van der Waals surface area contributed by atoms with E-state index in [9.17, 15) is 9.59 Å². The lowest BCUT2D eigenvalue weighted by molar-refractivity contribution is -0.129. The Labute approximate surface area is 144 Å². The van der Waals surface area contributed by atoms with Gasteiger partial charge in [0.2, 0.25) is 5.91 Å². The van der Waals surface area contributed by atoms with Gasteiger partial charge in [0.25, 0.3) is 5.56 Å². The number of aryl methyl sites for hydroxylation is 1. The van der Waals surface area contributed by atoms with Gasteiger partial charge >= 0.3 is 0 Å². The van der Waals surface area contributed by atoms with Crippen molar-refractivity contribution >= 4 is 29.0 Å². The lowest BCUT2D eigenvalue weighted by atomic mass is 10.2. The Balaban J connectivity index is 2.00. The molecular weight excluding hydrogens is 330 g/mol. The summed E-state index contributed by atoms with van der Waals surface area (Å²) < 4.78 is 0. The fourth-order valence-electron chi connectivity index (χ4n) is 2.14. The van der Waals surface area contributed by atoms with E-state index in [1.165, 1.54) is 17.8 Å². The fourth-order valence-corrected chi connectivity index (χ4v) is 3.62. The molecule has 1 N–H and O–H groups in total. The molecule has 7 heteroatoms. The number of aromatic nitrogens is 2. The predicted molar refractivity (Wildman–Crippen MR) is 94.9 cm³/mol. The number of nitrogens with zero attached hydrogens (tertiary/aromatic N) is 2. The predicted octanol–water partition coefficient (Wildman–Crippen LogP) is 2.92. The molecule has 1 amide bonds. The molecule has 0 aliphatic rings. The molecule has 0 fully saturated rings. The quantitative estimate of drug-likeness (QED) is 0.615. The molecule has 0 atom stereocenters. The van der Waals surface area contributed by atoms with E-state index < -0.39 is 0 Å². The van der Waals surface area contributed by atoms with Gasteiger partial charge < -0.3 is 9.88 Å². The number of thiophene rings is 1. The van der Waals surface area contributed by atoms with Gasteiger partial charge in [0.1, 0.15) is 0 Å². The van der Waals surface area contributed by atoms with E-state index in [1.54, 1.807) is 18.3 Å². The van der Waals surface area contributed by atoms with Crippen molar-refractivity contribution in [2.45, 2.75) is 32.5 Å². The Morgan fingerprint density at radius 3 is 2.87 bits per heavy atom. The van der Waals surface area contributed by atoms with E-state index in [0.29, 0.717) is 29.9 Å². The van der Waals surface area contributed by atoms with Crippen LogP contribution >= 0.6 is 23.1 Å². The molecule has 5 nitrogen and oxygen atoms in total. The molecule has 2 aromatic rings. The number of carbonyl (C=O) groups excluding carboxylic acids is 1. The van der Waals surface area contributed by atoms with Crippen molar-refractivity contribution in [3.63, 3.8) is 0 Å². The third-order valence-electron chi connectivity index (χ3n) is 3.07. The number of H-pyrrole nitrogens is 1. The average molecular weight is 351 g/mol. The number of hydrogen-bond acceptors (Lipinski definition) is 5. The van der Waals surface area contributed by atoms with Crippen LogP contribution in [-0.2, 0) is 11.3 Å². The molecular formula is C16H21N3O2S2. The molecule has 0 aliphatic carbocycles. The first-order valence-corrected chi connectivity index (χ1v) is 9.36. The van der Waals surface area contributed by atoms with Crippen LogP contribution in [0.4, 0.5) is 0 Å². The maximum atomic E-state index is 12.5. The molecule has 2 heterocycles. The van der Waals surface area contributed by atoms with Crippen molar-refractivity contribution in [2.75, 3.05) is 12.3 Å². The van der Waals surface area contributed by atoms with Crippen molar-refractivity contribution in [1.82, 2.24) is 14.9 Å². The number of aromatic amines is 1. The largest absolute Gasteiger partial charge is 0.337 e. The minimum absolute atomic E-state index is 0.0547. The maximum absolute atomic E-state index is 12.5. The summed E-state index contributed by atoms with van der Waals surface area (Å²) in [5, 5.41) is 4.57. The average Bonchev–Trinajstić information content (AvgIpc) is 2.95. The van der Waals surface area contributed by atoms with Crippen LogP contribution in [0.2, 0.25) is 0 Å². The summed E-state index contributed by atoms with van der Waals surface area (Å²) in [7, 11) is 0. The highest BCUT2D eigenvalue weighted by Gasteiger charge is 2.16. The first kappa shape index (κ1) is 17.7. The summed E-state index contributed by atoms with van der Waals surface area (Å²) in [5.74, 6) is 0.724. The molecule has 0 aromatic carbocycles. The van der Waals surface area contributed by atoms with Crippen molar-refractivity contribution in [3.8, 4) is 0 Å². The summed E-state index contributed by atoms with van der Waals surface area (Å²) in [5.41, 5.74) is 1.61. The maximum Gasteiger partial charge on any atom is 0.251 e. The van der Waals surface area contributed by atoms with E-state index in [4.69, 9.17) is 0 Å². The van der Waals surface area contributed by atoms with Gasteiger partial charge in [-0.3, -0.25) is 9.59 Å². The molecule has 2 aromatic heterocycles. The molecule has 0 spiro atoms. The smallest absolute Gasteiger partial charge is 0.251 e. The monoisotopic (exact) mass is 351 g/mol. The van der Waals surface area contributed by atoms with Crippen LogP contribution in [0.1, 0.15) is 25.1 Å². The van der Waals surface area contributed by atoms with Crippen molar-refractivity contribution < 1.29 is 4.79 Å². The number of carbonyl (C=O) groups is 1. The summed E-state index contributed by atoms with van der Waals surface area (Å²) in [6, 6.07) is 3.48. The number of thioether (sulfide) groups is 1. The van der Waals surface area contributed by atoms with Gasteiger partial charge in [-0.1, -0.05) is 25.6 Å². The fraction of sp³-hybridized carbons (Fsp3) is 0.438. The zero-order valence-electron chi connectivity index (χ0n) is 13.5. The van der Waals surface area contributed by atoms with E-state index in [-0.39, 0.29) is 17.2 Å². The Kier molecular flexibility index (Phi) is 6.41. The molecule has 124 valence electrons. The van der Waals surface area contributed by atoms with Gasteiger partial charge in [0.05, 0.1) is 5.75 Å².